The first kappa shape index (κ1) is 18.0. The quantitative estimate of drug-likeness (QED) is 0.753. The molecule has 1 atom stereocenters. The molecule has 0 spiro atoms. The highest BCUT2D eigenvalue weighted by Gasteiger charge is 2.26. The second kappa shape index (κ2) is 7.80. The van der Waals surface area contributed by atoms with Gasteiger partial charge in [0.2, 0.25) is 0 Å². The lowest BCUT2D eigenvalue weighted by atomic mass is 9.81. The first-order valence-electron chi connectivity index (χ1n) is 7.03. The van der Waals surface area contributed by atoms with Crippen molar-refractivity contribution in [2.24, 2.45) is 11.1 Å². The van der Waals surface area contributed by atoms with Crippen LogP contribution in [0.25, 0.3) is 0 Å². The minimum atomic E-state index is -0.211. The lowest BCUT2D eigenvalue weighted by Crippen LogP contribution is -2.24. The lowest BCUT2D eigenvalue weighted by Gasteiger charge is -2.27. The summed E-state index contributed by atoms with van der Waals surface area (Å²) in [6.07, 6.45) is 1.05. The fourth-order valence-electron chi connectivity index (χ4n) is 2.27. The number of carbonyl (C=O) groups is 1. The summed E-state index contributed by atoms with van der Waals surface area (Å²) in [5.41, 5.74) is 7.08. The highest BCUT2D eigenvalue weighted by atomic mass is 79.9. The van der Waals surface area contributed by atoms with Crippen LogP contribution in [0.2, 0.25) is 0 Å². The Morgan fingerprint density at radius 1 is 1.43 bits per heavy atom. The number of hydrogen-bond donors (Lipinski definition) is 1. The number of hydrogen-bond acceptors (Lipinski definition) is 4. The minimum absolute atomic E-state index is 0.142. The molecule has 1 rings (SSSR count). The summed E-state index contributed by atoms with van der Waals surface area (Å²) >= 11 is 3.49. The minimum Gasteiger partial charge on any atom is -0.493 e. The summed E-state index contributed by atoms with van der Waals surface area (Å²) in [4.78, 5) is 11.4. The summed E-state index contributed by atoms with van der Waals surface area (Å²) in [7, 11) is 1.40. The third-order valence-electron chi connectivity index (χ3n) is 3.31. The number of methoxy groups -OCH3 is 1. The van der Waals surface area contributed by atoms with E-state index in [9.17, 15) is 4.79 Å². The van der Waals surface area contributed by atoms with Crippen molar-refractivity contribution in [2.75, 3.05) is 13.7 Å². The molecule has 0 amide bonds. The summed E-state index contributed by atoms with van der Waals surface area (Å²) in [6, 6.07) is 5.71. The van der Waals surface area contributed by atoms with Crippen molar-refractivity contribution in [3.63, 3.8) is 0 Å². The van der Waals surface area contributed by atoms with Crippen LogP contribution in [0.5, 0.6) is 5.75 Å². The van der Waals surface area contributed by atoms with Gasteiger partial charge >= 0.3 is 5.97 Å². The van der Waals surface area contributed by atoms with Crippen molar-refractivity contribution >= 4 is 21.9 Å². The largest absolute Gasteiger partial charge is 0.493 e. The number of esters is 1. The molecule has 0 aliphatic heterocycles. The van der Waals surface area contributed by atoms with E-state index in [0.717, 1.165) is 15.8 Å². The fraction of sp³-hybridized carbons (Fsp3) is 0.562. The summed E-state index contributed by atoms with van der Waals surface area (Å²) in [5.74, 6) is 0.599. The van der Waals surface area contributed by atoms with Gasteiger partial charge in [0.25, 0.3) is 0 Å². The molecule has 5 heteroatoms. The van der Waals surface area contributed by atoms with Crippen LogP contribution in [0.1, 0.15) is 45.2 Å². The Morgan fingerprint density at radius 2 is 2.10 bits per heavy atom. The molecule has 0 aromatic heterocycles. The summed E-state index contributed by atoms with van der Waals surface area (Å²) in [6.45, 7) is 6.61. The summed E-state index contributed by atoms with van der Waals surface area (Å²) in [5, 5.41) is 0. The number of carbonyl (C=O) groups excluding carboxylic acids is 1. The Kier molecular flexibility index (Phi) is 6.68. The zero-order chi connectivity index (χ0) is 16.0. The Morgan fingerprint density at radius 3 is 2.62 bits per heavy atom. The van der Waals surface area contributed by atoms with Gasteiger partial charge in [0.05, 0.1) is 24.6 Å². The van der Waals surface area contributed by atoms with Crippen molar-refractivity contribution in [3.8, 4) is 5.75 Å². The smallest absolute Gasteiger partial charge is 0.306 e. The number of benzene rings is 1. The van der Waals surface area contributed by atoms with E-state index in [1.165, 1.54) is 7.11 Å². The standard InChI is InChI=1S/C16H24BrNO3/c1-5-21-14-7-6-11(8-12(14)17)13(18)9-16(2,3)10-15(19)20-4/h6-8,13H,5,9-10,18H2,1-4H3. The number of nitrogens with two attached hydrogens (primary N) is 1. The molecule has 1 aromatic carbocycles. The maximum absolute atomic E-state index is 11.4. The number of ether oxygens (including phenoxy) is 2. The Hall–Kier alpha value is -1.07. The van der Waals surface area contributed by atoms with Gasteiger partial charge in [0.1, 0.15) is 5.75 Å². The molecule has 0 heterocycles. The van der Waals surface area contributed by atoms with Crippen LogP contribution in [0, 0.1) is 5.41 Å². The Bertz CT molecular complexity index is 488. The Labute approximate surface area is 135 Å². The van der Waals surface area contributed by atoms with Gasteiger partial charge in [-0.3, -0.25) is 4.79 Å². The van der Waals surface area contributed by atoms with Gasteiger partial charge in [-0.1, -0.05) is 19.9 Å². The third kappa shape index (κ3) is 5.67. The molecule has 0 aliphatic rings. The zero-order valence-corrected chi connectivity index (χ0v) is 14.7. The molecule has 0 saturated heterocycles. The maximum Gasteiger partial charge on any atom is 0.306 e. The first-order chi connectivity index (χ1) is 9.79. The molecule has 4 nitrogen and oxygen atoms in total. The monoisotopic (exact) mass is 357 g/mol. The van der Waals surface area contributed by atoms with Gasteiger partial charge in [-0.25, -0.2) is 0 Å². The van der Waals surface area contributed by atoms with Gasteiger partial charge in [-0.2, -0.15) is 0 Å². The van der Waals surface area contributed by atoms with Gasteiger partial charge in [0.15, 0.2) is 0 Å². The van der Waals surface area contributed by atoms with E-state index < -0.39 is 0 Å². The first-order valence-corrected chi connectivity index (χ1v) is 7.83. The van der Waals surface area contributed by atoms with Crippen molar-refractivity contribution in [1.82, 2.24) is 0 Å². The van der Waals surface area contributed by atoms with Crippen LogP contribution in [-0.2, 0) is 9.53 Å². The number of halogens is 1. The molecule has 0 radical (unpaired) electrons. The highest BCUT2D eigenvalue weighted by molar-refractivity contribution is 9.10. The van der Waals surface area contributed by atoms with Gasteiger partial charge < -0.3 is 15.2 Å². The SMILES string of the molecule is CCOc1ccc(C(N)CC(C)(C)CC(=O)OC)cc1Br. The lowest BCUT2D eigenvalue weighted by molar-refractivity contribution is -0.143. The van der Waals surface area contributed by atoms with Gasteiger partial charge in [-0.05, 0) is 52.4 Å². The van der Waals surface area contributed by atoms with E-state index in [1.54, 1.807) is 0 Å². The van der Waals surface area contributed by atoms with Crippen LogP contribution in [0.3, 0.4) is 0 Å². The second-order valence-corrected chi connectivity index (χ2v) is 6.70. The molecule has 0 bridgehead atoms. The van der Waals surface area contributed by atoms with Gasteiger partial charge in [0, 0.05) is 6.04 Å². The molecule has 1 unspecified atom stereocenters. The topological polar surface area (TPSA) is 61.5 Å². The average Bonchev–Trinajstić information content (AvgIpc) is 2.39. The molecule has 1 aromatic rings. The predicted octanol–water partition coefficient (Wildman–Crippen LogP) is 3.83. The predicted molar refractivity (Wildman–Crippen MR) is 87.3 cm³/mol. The normalized spacial score (nSPS) is 12.9. The molecule has 118 valence electrons. The van der Waals surface area contributed by atoms with Crippen molar-refractivity contribution in [2.45, 2.75) is 39.7 Å². The molecule has 21 heavy (non-hydrogen) atoms. The van der Waals surface area contributed by atoms with Gasteiger partial charge in [-0.15, -0.1) is 0 Å². The molecular weight excluding hydrogens is 334 g/mol. The van der Waals surface area contributed by atoms with E-state index in [0.29, 0.717) is 19.4 Å². The molecular formula is C16H24BrNO3. The maximum atomic E-state index is 11.4. The van der Waals surface area contributed by atoms with Crippen LogP contribution < -0.4 is 10.5 Å². The summed E-state index contributed by atoms with van der Waals surface area (Å²) < 4.78 is 11.1. The van der Waals surface area contributed by atoms with Crippen molar-refractivity contribution in [1.29, 1.82) is 0 Å². The third-order valence-corrected chi connectivity index (χ3v) is 3.93. The average molecular weight is 358 g/mol. The fourth-order valence-corrected chi connectivity index (χ4v) is 2.78. The van der Waals surface area contributed by atoms with Crippen LogP contribution in [0.15, 0.2) is 22.7 Å². The van der Waals surface area contributed by atoms with Crippen LogP contribution in [0.4, 0.5) is 0 Å². The van der Waals surface area contributed by atoms with Crippen LogP contribution >= 0.6 is 15.9 Å². The van der Waals surface area contributed by atoms with E-state index in [1.807, 2.05) is 39.0 Å². The van der Waals surface area contributed by atoms with E-state index in [-0.39, 0.29) is 17.4 Å². The van der Waals surface area contributed by atoms with E-state index in [4.69, 9.17) is 15.2 Å². The second-order valence-electron chi connectivity index (χ2n) is 5.85. The zero-order valence-electron chi connectivity index (χ0n) is 13.1. The Balaban J connectivity index is 2.77. The number of rotatable bonds is 7. The van der Waals surface area contributed by atoms with Crippen LogP contribution in [-0.4, -0.2) is 19.7 Å². The highest BCUT2D eigenvalue weighted by Crippen LogP contribution is 2.34. The van der Waals surface area contributed by atoms with E-state index >= 15 is 0 Å². The molecule has 0 saturated carbocycles. The van der Waals surface area contributed by atoms with Crippen molar-refractivity contribution in [3.05, 3.63) is 28.2 Å². The molecule has 0 aliphatic carbocycles. The van der Waals surface area contributed by atoms with Crippen molar-refractivity contribution < 1.29 is 14.3 Å². The molecule has 0 fully saturated rings. The van der Waals surface area contributed by atoms with E-state index in [2.05, 4.69) is 15.9 Å². The molecule has 2 N–H and O–H groups in total.